The normalized spacial score (nSPS) is 13.2. The number of amides is 1. The third kappa shape index (κ3) is 4.60. The Morgan fingerprint density at radius 1 is 1.42 bits per heavy atom. The first-order valence-corrected chi connectivity index (χ1v) is 7.51. The second-order valence-electron chi connectivity index (χ2n) is 5.83. The summed E-state index contributed by atoms with van der Waals surface area (Å²) in [6, 6.07) is 4.51. The maximum absolute atomic E-state index is 13.2. The summed E-state index contributed by atoms with van der Waals surface area (Å²) in [7, 11) is 0. The van der Waals surface area contributed by atoms with Crippen LogP contribution in [0.2, 0.25) is 0 Å². The molecule has 19 heavy (non-hydrogen) atoms. The van der Waals surface area contributed by atoms with E-state index in [1.807, 2.05) is 0 Å². The van der Waals surface area contributed by atoms with E-state index < -0.39 is 0 Å². The van der Waals surface area contributed by atoms with Crippen LogP contribution >= 0.6 is 15.9 Å². The smallest absolute Gasteiger partial charge is 0.251 e. The number of aryl methyl sites for hydroxylation is 1. The Balaban J connectivity index is 2.84. The van der Waals surface area contributed by atoms with Gasteiger partial charge in [-0.05, 0) is 42.5 Å². The van der Waals surface area contributed by atoms with E-state index in [4.69, 9.17) is 0 Å². The van der Waals surface area contributed by atoms with Crippen LogP contribution in [-0.4, -0.2) is 17.3 Å². The maximum atomic E-state index is 13.2. The van der Waals surface area contributed by atoms with Gasteiger partial charge in [0.1, 0.15) is 5.82 Å². The predicted octanol–water partition coefficient (Wildman–Crippen LogP) is 4.06. The first kappa shape index (κ1) is 16.2. The van der Waals surface area contributed by atoms with Crippen LogP contribution in [0.15, 0.2) is 18.2 Å². The molecule has 1 atom stereocenters. The average Bonchev–Trinajstić information content (AvgIpc) is 2.30. The largest absolute Gasteiger partial charge is 0.349 e. The molecule has 0 saturated heterocycles. The Morgan fingerprint density at radius 3 is 2.53 bits per heavy atom. The zero-order chi connectivity index (χ0) is 14.6. The minimum atomic E-state index is -0.288. The van der Waals surface area contributed by atoms with Crippen molar-refractivity contribution in [3.63, 3.8) is 0 Å². The van der Waals surface area contributed by atoms with E-state index in [0.29, 0.717) is 11.1 Å². The predicted molar refractivity (Wildman–Crippen MR) is 80.3 cm³/mol. The van der Waals surface area contributed by atoms with Crippen LogP contribution in [0.3, 0.4) is 0 Å². The van der Waals surface area contributed by atoms with Gasteiger partial charge in [-0.3, -0.25) is 4.79 Å². The van der Waals surface area contributed by atoms with Crippen LogP contribution in [0.5, 0.6) is 0 Å². The van der Waals surface area contributed by atoms with Gasteiger partial charge in [0, 0.05) is 16.9 Å². The van der Waals surface area contributed by atoms with E-state index in [2.05, 4.69) is 42.0 Å². The summed E-state index contributed by atoms with van der Waals surface area (Å²) < 4.78 is 13.2. The molecule has 0 aliphatic rings. The molecule has 106 valence electrons. The van der Waals surface area contributed by atoms with Crippen LogP contribution in [0, 0.1) is 18.2 Å². The monoisotopic (exact) mass is 329 g/mol. The van der Waals surface area contributed by atoms with Crippen molar-refractivity contribution in [2.45, 2.75) is 40.2 Å². The number of hydrogen-bond donors (Lipinski definition) is 1. The quantitative estimate of drug-likeness (QED) is 0.829. The fourth-order valence-corrected chi connectivity index (χ4v) is 2.32. The van der Waals surface area contributed by atoms with Gasteiger partial charge in [0.05, 0.1) is 0 Å². The highest BCUT2D eigenvalue weighted by Crippen LogP contribution is 2.23. The van der Waals surface area contributed by atoms with Crippen LogP contribution < -0.4 is 5.32 Å². The van der Waals surface area contributed by atoms with Gasteiger partial charge in [-0.1, -0.05) is 36.7 Å². The fraction of sp³-hybridized carbons (Fsp3) is 0.533. The van der Waals surface area contributed by atoms with Crippen molar-refractivity contribution in [2.75, 3.05) is 5.33 Å². The minimum Gasteiger partial charge on any atom is -0.349 e. The van der Waals surface area contributed by atoms with Crippen LogP contribution in [0.1, 0.15) is 43.1 Å². The average molecular weight is 330 g/mol. The molecule has 1 unspecified atom stereocenters. The van der Waals surface area contributed by atoms with Gasteiger partial charge in [0.25, 0.3) is 5.91 Å². The number of nitrogens with one attached hydrogen (secondary N) is 1. The Hall–Kier alpha value is -0.900. The van der Waals surface area contributed by atoms with Crippen molar-refractivity contribution in [1.82, 2.24) is 5.32 Å². The highest BCUT2D eigenvalue weighted by atomic mass is 79.9. The number of benzene rings is 1. The maximum Gasteiger partial charge on any atom is 0.251 e. The topological polar surface area (TPSA) is 29.1 Å². The number of hydrogen-bond acceptors (Lipinski definition) is 1. The first-order valence-electron chi connectivity index (χ1n) is 6.38. The second kappa shape index (κ2) is 6.51. The number of carbonyl (C=O) groups is 1. The lowest BCUT2D eigenvalue weighted by atomic mass is 9.85. The van der Waals surface area contributed by atoms with Crippen molar-refractivity contribution in [3.05, 3.63) is 35.1 Å². The lowest BCUT2D eigenvalue weighted by molar-refractivity contribution is 0.0900. The lowest BCUT2D eigenvalue weighted by Crippen LogP contribution is -2.44. The van der Waals surface area contributed by atoms with Gasteiger partial charge in [0.2, 0.25) is 0 Å². The fourth-order valence-electron chi connectivity index (χ4n) is 1.86. The molecule has 2 nitrogen and oxygen atoms in total. The Kier molecular flexibility index (Phi) is 5.53. The van der Waals surface area contributed by atoms with Gasteiger partial charge >= 0.3 is 0 Å². The minimum absolute atomic E-state index is 0.0154. The molecule has 0 radical (unpaired) electrons. The van der Waals surface area contributed by atoms with E-state index in [1.165, 1.54) is 12.1 Å². The van der Waals surface area contributed by atoms with E-state index >= 15 is 0 Å². The summed E-state index contributed by atoms with van der Waals surface area (Å²) in [5.41, 5.74) is 0.974. The molecular formula is C15H21BrFNO. The van der Waals surface area contributed by atoms with Gasteiger partial charge in [0.15, 0.2) is 0 Å². The molecule has 0 aliphatic carbocycles. The van der Waals surface area contributed by atoms with E-state index in [1.54, 1.807) is 13.0 Å². The molecule has 0 spiro atoms. The number of halogens is 2. The summed E-state index contributed by atoms with van der Waals surface area (Å²) >= 11 is 3.41. The summed E-state index contributed by atoms with van der Waals surface area (Å²) in [6.07, 6.45) is 0.857. The van der Waals surface area contributed by atoms with Gasteiger partial charge in [-0.2, -0.15) is 0 Å². The SMILES string of the molecule is Cc1cc(C(=O)NC(CCBr)C(C)(C)C)ccc1F. The molecule has 1 rings (SSSR count). The standard InChI is InChI=1S/C15H21BrFNO/c1-10-9-11(5-6-12(10)17)14(19)18-13(7-8-16)15(2,3)4/h5-6,9,13H,7-8H2,1-4H3,(H,18,19). The summed E-state index contributed by atoms with van der Waals surface area (Å²) in [5.74, 6) is -0.437. The van der Waals surface area contributed by atoms with Crippen LogP contribution in [0.4, 0.5) is 4.39 Å². The zero-order valence-electron chi connectivity index (χ0n) is 11.9. The van der Waals surface area contributed by atoms with E-state index in [0.717, 1.165) is 11.8 Å². The zero-order valence-corrected chi connectivity index (χ0v) is 13.5. The highest BCUT2D eigenvalue weighted by molar-refractivity contribution is 9.09. The molecule has 4 heteroatoms. The molecule has 0 bridgehead atoms. The van der Waals surface area contributed by atoms with Crippen molar-refractivity contribution < 1.29 is 9.18 Å². The second-order valence-corrected chi connectivity index (χ2v) is 6.63. The van der Waals surface area contributed by atoms with E-state index in [9.17, 15) is 9.18 Å². The Labute approximate surface area is 122 Å². The van der Waals surface area contributed by atoms with Crippen molar-refractivity contribution in [1.29, 1.82) is 0 Å². The highest BCUT2D eigenvalue weighted by Gasteiger charge is 2.26. The third-order valence-corrected chi connectivity index (χ3v) is 3.63. The number of carbonyl (C=O) groups excluding carboxylic acids is 1. The van der Waals surface area contributed by atoms with Crippen LogP contribution in [0.25, 0.3) is 0 Å². The molecule has 0 fully saturated rings. The van der Waals surface area contributed by atoms with Crippen LogP contribution in [-0.2, 0) is 0 Å². The van der Waals surface area contributed by atoms with Gasteiger partial charge in [-0.15, -0.1) is 0 Å². The van der Waals surface area contributed by atoms with Gasteiger partial charge in [-0.25, -0.2) is 4.39 Å². The number of rotatable bonds is 4. The lowest BCUT2D eigenvalue weighted by Gasteiger charge is -2.31. The number of alkyl halides is 1. The van der Waals surface area contributed by atoms with Crippen molar-refractivity contribution >= 4 is 21.8 Å². The molecule has 1 aromatic rings. The Bertz CT molecular complexity index is 454. The van der Waals surface area contributed by atoms with Crippen molar-refractivity contribution in [3.8, 4) is 0 Å². The summed E-state index contributed by atoms with van der Waals surface area (Å²) in [6.45, 7) is 7.94. The molecule has 1 N–H and O–H groups in total. The molecule has 0 aliphatic heterocycles. The molecular weight excluding hydrogens is 309 g/mol. The molecule has 0 aromatic heterocycles. The molecule has 1 aromatic carbocycles. The van der Waals surface area contributed by atoms with Crippen molar-refractivity contribution in [2.24, 2.45) is 5.41 Å². The molecule has 1 amide bonds. The summed E-state index contributed by atoms with van der Waals surface area (Å²) in [4.78, 5) is 12.2. The molecule has 0 saturated carbocycles. The van der Waals surface area contributed by atoms with E-state index in [-0.39, 0.29) is 23.2 Å². The first-order chi connectivity index (χ1) is 8.75. The Morgan fingerprint density at radius 2 is 2.05 bits per heavy atom. The third-order valence-electron chi connectivity index (χ3n) is 3.17. The summed E-state index contributed by atoms with van der Waals surface area (Å²) in [5, 5.41) is 3.86. The molecule has 0 heterocycles. The van der Waals surface area contributed by atoms with Gasteiger partial charge < -0.3 is 5.32 Å².